The highest BCUT2D eigenvalue weighted by Crippen LogP contribution is 2.31. The number of hydrogen-bond acceptors (Lipinski definition) is 2. The van der Waals surface area contributed by atoms with Crippen LogP contribution in [0.15, 0.2) is 27.1 Å². The Kier molecular flexibility index (Phi) is 7.38. The fourth-order valence-electron chi connectivity index (χ4n) is 4.33. The number of anilines is 1. The van der Waals surface area contributed by atoms with E-state index in [0.29, 0.717) is 18.6 Å². The molecule has 3 rings (SSSR count). The van der Waals surface area contributed by atoms with Gasteiger partial charge >= 0.3 is 0 Å². The first-order valence-electron chi connectivity index (χ1n) is 9.64. The molecule has 0 saturated heterocycles. The van der Waals surface area contributed by atoms with Crippen molar-refractivity contribution in [1.29, 1.82) is 0 Å². The van der Waals surface area contributed by atoms with Gasteiger partial charge in [0.15, 0.2) is 0 Å². The lowest BCUT2D eigenvalue weighted by atomic mass is 9.88. The molecule has 1 amide bonds. The Morgan fingerprint density at radius 3 is 2.08 bits per heavy atom. The van der Waals surface area contributed by atoms with E-state index < -0.39 is 0 Å². The normalized spacial score (nSPS) is 20.0. The van der Waals surface area contributed by atoms with Gasteiger partial charge < -0.3 is 5.32 Å². The summed E-state index contributed by atoms with van der Waals surface area (Å²) >= 11 is 7.01. The molecular formula is C20H28Br2N2O. The maximum absolute atomic E-state index is 12.8. The number of nitrogens with one attached hydrogen (secondary N) is 1. The Balaban J connectivity index is 1.67. The van der Waals surface area contributed by atoms with Crippen LogP contribution in [0.25, 0.3) is 0 Å². The molecule has 1 aromatic carbocycles. The smallest absolute Gasteiger partial charge is 0.238 e. The van der Waals surface area contributed by atoms with E-state index in [1.807, 2.05) is 18.2 Å². The van der Waals surface area contributed by atoms with Crippen LogP contribution in [0, 0.1) is 0 Å². The molecule has 0 aromatic heterocycles. The standard InChI is InChI=1S/C20H28Br2N2O/c21-15-11-12-18(22)19(13-15)23-20(25)14-24(16-7-3-1-4-8-16)17-9-5-2-6-10-17/h11-13,16-17H,1-10,14H2,(H,23,25). The van der Waals surface area contributed by atoms with Gasteiger partial charge in [0.05, 0.1) is 12.2 Å². The quantitative estimate of drug-likeness (QED) is 0.561. The number of nitrogens with zero attached hydrogens (tertiary/aromatic N) is 1. The van der Waals surface area contributed by atoms with Crippen LogP contribution in [0.2, 0.25) is 0 Å². The first kappa shape index (κ1) is 19.4. The van der Waals surface area contributed by atoms with Gasteiger partial charge in [0, 0.05) is 21.0 Å². The zero-order chi connectivity index (χ0) is 17.6. The largest absolute Gasteiger partial charge is 0.324 e. The third kappa shape index (κ3) is 5.54. The second kappa shape index (κ2) is 9.52. The van der Waals surface area contributed by atoms with Crippen LogP contribution in [0.5, 0.6) is 0 Å². The highest BCUT2D eigenvalue weighted by atomic mass is 79.9. The molecule has 1 N–H and O–H groups in total. The van der Waals surface area contributed by atoms with E-state index >= 15 is 0 Å². The molecule has 0 bridgehead atoms. The van der Waals surface area contributed by atoms with Crippen LogP contribution in [0.1, 0.15) is 64.2 Å². The van der Waals surface area contributed by atoms with Crippen molar-refractivity contribution in [3.63, 3.8) is 0 Å². The van der Waals surface area contributed by atoms with Gasteiger partial charge in [-0.3, -0.25) is 9.69 Å². The van der Waals surface area contributed by atoms with Crippen LogP contribution in [0.3, 0.4) is 0 Å². The molecule has 2 aliphatic carbocycles. The summed E-state index contributed by atoms with van der Waals surface area (Å²) in [4.78, 5) is 15.3. The fourth-order valence-corrected chi connectivity index (χ4v) is 5.04. The van der Waals surface area contributed by atoms with Crippen molar-refractivity contribution < 1.29 is 4.79 Å². The minimum atomic E-state index is 0.106. The van der Waals surface area contributed by atoms with E-state index in [4.69, 9.17) is 0 Å². The summed E-state index contributed by atoms with van der Waals surface area (Å²) < 4.78 is 1.90. The lowest BCUT2D eigenvalue weighted by Crippen LogP contribution is -2.48. The molecule has 0 radical (unpaired) electrons. The maximum Gasteiger partial charge on any atom is 0.238 e. The number of hydrogen-bond donors (Lipinski definition) is 1. The number of amides is 1. The Hall–Kier alpha value is -0.390. The van der Waals surface area contributed by atoms with Crippen molar-refractivity contribution in [3.8, 4) is 0 Å². The van der Waals surface area contributed by atoms with Crippen molar-refractivity contribution in [1.82, 2.24) is 4.90 Å². The highest BCUT2D eigenvalue weighted by Gasteiger charge is 2.30. The molecule has 0 unspecified atom stereocenters. The molecule has 1 aromatic rings. The summed E-state index contributed by atoms with van der Waals surface area (Å²) in [5.74, 6) is 0.106. The minimum absolute atomic E-state index is 0.106. The van der Waals surface area contributed by atoms with Gasteiger partial charge in [-0.15, -0.1) is 0 Å². The van der Waals surface area contributed by atoms with Crippen LogP contribution < -0.4 is 5.32 Å². The van der Waals surface area contributed by atoms with Crippen molar-refractivity contribution in [2.75, 3.05) is 11.9 Å². The van der Waals surface area contributed by atoms with Crippen molar-refractivity contribution in [3.05, 3.63) is 27.1 Å². The zero-order valence-corrected chi connectivity index (χ0v) is 17.9. The summed E-state index contributed by atoms with van der Waals surface area (Å²) in [7, 11) is 0. The Labute approximate surface area is 168 Å². The van der Waals surface area contributed by atoms with E-state index in [1.165, 1.54) is 64.2 Å². The number of rotatable bonds is 5. The summed E-state index contributed by atoms with van der Waals surface area (Å²) in [6.07, 6.45) is 13.0. The molecule has 0 atom stereocenters. The van der Waals surface area contributed by atoms with E-state index in [1.54, 1.807) is 0 Å². The molecule has 2 saturated carbocycles. The fraction of sp³-hybridized carbons (Fsp3) is 0.650. The van der Waals surface area contributed by atoms with Crippen molar-refractivity contribution in [2.24, 2.45) is 0 Å². The number of carbonyl (C=O) groups excluding carboxylic acids is 1. The Bertz CT molecular complexity index is 563. The van der Waals surface area contributed by atoms with Gasteiger partial charge in [0.1, 0.15) is 0 Å². The Morgan fingerprint density at radius 2 is 1.52 bits per heavy atom. The average Bonchev–Trinajstić information content (AvgIpc) is 2.64. The van der Waals surface area contributed by atoms with Gasteiger partial charge in [-0.25, -0.2) is 0 Å². The monoisotopic (exact) mass is 470 g/mol. The van der Waals surface area contributed by atoms with Gasteiger partial charge in [0.25, 0.3) is 0 Å². The lowest BCUT2D eigenvalue weighted by molar-refractivity contribution is -0.119. The molecular weight excluding hydrogens is 444 g/mol. The molecule has 5 heteroatoms. The van der Waals surface area contributed by atoms with Crippen molar-refractivity contribution >= 4 is 43.5 Å². The average molecular weight is 472 g/mol. The van der Waals surface area contributed by atoms with E-state index in [0.717, 1.165) is 14.6 Å². The van der Waals surface area contributed by atoms with Gasteiger partial charge in [0.2, 0.25) is 5.91 Å². The van der Waals surface area contributed by atoms with Gasteiger partial charge in [-0.05, 0) is 59.8 Å². The zero-order valence-electron chi connectivity index (χ0n) is 14.8. The third-order valence-corrected chi connectivity index (χ3v) is 6.80. The first-order valence-corrected chi connectivity index (χ1v) is 11.2. The van der Waals surface area contributed by atoms with Crippen molar-refractivity contribution in [2.45, 2.75) is 76.3 Å². The predicted molar refractivity (Wildman–Crippen MR) is 111 cm³/mol. The molecule has 2 aliphatic rings. The van der Waals surface area contributed by atoms with E-state index in [2.05, 4.69) is 42.1 Å². The number of halogens is 2. The molecule has 2 fully saturated rings. The molecule has 3 nitrogen and oxygen atoms in total. The second-order valence-corrected chi connectivity index (χ2v) is 9.20. The molecule has 138 valence electrons. The molecule has 0 aliphatic heterocycles. The number of carbonyl (C=O) groups is 1. The minimum Gasteiger partial charge on any atom is -0.324 e. The van der Waals surface area contributed by atoms with Gasteiger partial charge in [-0.1, -0.05) is 54.5 Å². The summed E-state index contributed by atoms with van der Waals surface area (Å²) in [5, 5.41) is 3.10. The molecule has 25 heavy (non-hydrogen) atoms. The number of benzene rings is 1. The van der Waals surface area contributed by atoms with Crippen LogP contribution in [-0.4, -0.2) is 29.4 Å². The van der Waals surface area contributed by atoms with Crippen LogP contribution in [-0.2, 0) is 4.79 Å². The molecule has 0 spiro atoms. The third-order valence-electron chi connectivity index (χ3n) is 5.62. The summed E-state index contributed by atoms with van der Waals surface area (Å²) in [5.41, 5.74) is 0.839. The Morgan fingerprint density at radius 1 is 0.960 bits per heavy atom. The predicted octanol–water partition coefficient (Wildman–Crippen LogP) is 6.12. The van der Waals surface area contributed by atoms with E-state index in [9.17, 15) is 4.79 Å². The highest BCUT2D eigenvalue weighted by molar-refractivity contribution is 9.11. The topological polar surface area (TPSA) is 32.3 Å². The van der Waals surface area contributed by atoms with Gasteiger partial charge in [-0.2, -0.15) is 0 Å². The molecule has 0 heterocycles. The second-order valence-electron chi connectivity index (χ2n) is 7.43. The van der Waals surface area contributed by atoms with E-state index in [-0.39, 0.29) is 5.91 Å². The summed E-state index contributed by atoms with van der Waals surface area (Å²) in [6.45, 7) is 0.522. The first-order chi connectivity index (χ1) is 12.1. The lowest BCUT2D eigenvalue weighted by Gasteiger charge is -2.41. The van der Waals surface area contributed by atoms with Crippen LogP contribution >= 0.6 is 31.9 Å². The maximum atomic E-state index is 12.8. The van der Waals surface area contributed by atoms with Crippen LogP contribution in [0.4, 0.5) is 5.69 Å². The SMILES string of the molecule is O=C(CN(C1CCCCC1)C1CCCCC1)Nc1cc(Br)ccc1Br. The summed E-state index contributed by atoms with van der Waals surface area (Å²) in [6, 6.07) is 7.06.